The Hall–Kier alpha value is -0.0800. The smallest absolute Gasteiger partial charge is 0.0545 e. The van der Waals surface area contributed by atoms with Crippen LogP contribution in [0.5, 0.6) is 0 Å². The molecule has 52 valence electrons. The van der Waals surface area contributed by atoms with Crippen molar-refractivity contribution in [2.45, 2.75) is 25.3 Å². The Bertz CT molecular complexity index is 120. The minimum absolute atomic E-state index is 0.467. The predicted molar refractivity (Wildman–Crippen MR) is 35.1 cm³/mol. The van der Waals surface area contributed by atoms with Gasteiger partial charge in [-0.3, -0.25) is 0 Å². The molecule has 9 heavy (non-hydrogen) atoms. The second-order valence-corrected chi connectivity index (χ2v) is 3.50. The second kappa shape index (κ2) is 1.70. The van der Waals surface area contributed by atoms with Crippen molar-refractivity contribution in [2.24, 2.45) is 11.1 Å². The fourth-order valence-electron chi connectivity index (χ4n) is 1.90. The molecular weight excluding hydrogens is 114 g/mol. The largest absolute Gasteiger partial charge is 0.380 e. The minimum atomic E-state index is 0.467. The first kappa shape index (κ1) is 5.69. The lowest BCUT2D eigenvalue weighted by atomic mass is 9.84. The molecule has 1 spiro atoms. The van der Waals surface area contributed by atoms with Gasteiger partial charge >= 0.3 is 0 Å². The van der Waals surface area contributed by atoms with Gasteiger partial charge in [-0.1, -0.05) is 0 Å². The molecule has 1 atom stereocenters. The average Bonchev–Trinajstić information content (AvgIpc) is 2.09. The first-order chi connectivity index (χ1) is 4.31. The molecule has 1 aliphatic heterocycles. The summed E-state index contributed by atoms with van der Waals surface area (Å²) in [7, 11) is 0. The fourth-order valence-corrected chi connectivity index (χ4v) is 1.90. The molecule has 2 fully saturated rings. The summed E-state index contributed by atoms with van der Waals surface area (Å²) in [6.07, 6.45) is 3.71. The Kier molecular flexibility index (Phi) is 1.08. The standard InChI is InChI=1S/C7H13NO/c8-6-1-2-7(3-6)4-9-5-7/h6H,1-5,8H2/t6-/m1/s1. The van der Waals surface area contributed by atoms with Crippen LogP contribution in [0.15, 0.2) is 0 Å². The summed E-state index contributed by atoms with van der Waals surface area (Å²) in [4.78, 5) is 0. The zero-order chi connectivity index (χ0) is 6.32. The zero-order valence-electron chi connectivity index (χ0n) is 5.60. The molecule has 1 saturated heterocycles. The van der Waals surface area contributed by atoms with Crippen LogP contribution in [0.4, 0.5) is 0 Å². The minimum Gasteiger partial charge on any atom is -0.380 e. The third kappa shape index (κ3) is 0.775. The van der Waals surface area contributed by atoms with E-state index in [9.17, 15) is 0 Å². The maximum absolute atomic E-state index is 5.76. The van der Waals surface area contributed by atoms with Crippen LogP contribution in [0.25, 0.3) is 0 Å². The molecular formula is C7H13NO. The van der Waals surface area contributed by atoms with E-state index in [1.165, 1.54) is 19.3 Å². The average molecular weight is 127 g/mol. The van der Waals surface area contributed by atoms with E-state index in [1.807, 2.05) is 0 Å². The number of ether oxygens (including phenoxy) is 1. The van der Waals surface area contributed by atoms with Gasteiger partial charge in [-0.05, 0) is 19.3 Å². The van der Waals surface area contributed by atoms with E-state index in [4.69, 9.17) is 10.5 Å². The Balaban J connectivity index is 1.99. The summed E-state index contributed by atoms with van der Waals surface area (Å²) in [6.45, 7) is 1.95. The Labute approximate surface area is 55.4 Å². The first-order valence-electron chi connectivity index (χ1n) is 3.64. The molecule has 2 heteroatoms. The Morgan fingerprint density at radius 3 is 2.44 bits per heavy atom. The van der Waals surface area contributed by atoms with Gasteiger partial charge < -0.3 is 10.5 Å². The summed E-state index contributed by atoms with van der Waals surface area (Å²) in [5.74, 6) is 0. The van der Waals surface area contributed by atoms with Crippen LogP contribution in [-0.2, 0) is 4.74 Å². The van der Waals surface area contributed by atoms with Crippen LogP contribution in [0.2, 0.25) is 0 Å². The molecule has 0 aromatic rings. The molecule has 0 radical (unpaired) electrons. The molecule has 0 aromatic heterocycles. The Morgan fingerprint density at radius 2 is 2.22 bits per heavy atom. The summed E-state index contributed by atoms with van der Waals surface area (Å²) >= 11 is 0. The molecule has 0 unspecified atom stereocenters. The van der Waals surface area contributed by atoms with Crippen molar-refractivity contribution in [3.63, 3.8) is 0 Å². The third-order valence-corrected chi connectivity index (χ3v) is 2.56. The van der Waals surface area contributed by atoms with E-state index in [1.54, 1.807) is 0 Å². The third-order valence-electron chi connectivity index (χ3n) is 2.56. The lowest BCUT2D eigenvalue weighted by Crippen LogP contribution is -2.41. The van der Waals surface area contributed by atoms with E-state index >= 15 is 0 Å². The van der Waals surface area contributed by atoms with Crippen molar-refractivity contribution in [1.29, 1.82) is 0 Å². The number of hydrogen-bond acceptors (Lipinski definition) is 2. The van der Waals surface area contributed by atoms with Gasteiger partial charge in [0.25, 0.3) is 0 Å². The van der Waals surface area contributed by atoms with Gasteiger partial charge in [0, 0.05) is 11.5 Å². The van der Waals surface area contributed by atoms with E-state index in [-0.39, 0.29) is 0 Å². The molecule has 0 amide bonds. The topological polar surface area (TPSA) is 35.2 Å². The van der Waals surface area contributed by atoms with Gasteiger partial charge in [-0.25, -0.2) is 0 Å². The van der Waals surface area contributed by atoms with E-state index < -0.39 is 0 Å². The highest BCUT2D eigenvalue weighted by Crippen LogP contribution is 2.43. The van der Waals surface area contributed by atoms with Crippen molar-refractivity contribution >= 4 is 0 Å². The zero-order valence-corrected chi connectivity index (χ0v) is 5.60. The molecule has 2 rings (SSSR count). The second-order valence-electron chi connectivity index (χ2n) is 3.50. The highest BCUT2D eigenvalue weighted by atomic mass is 16.5. The van der Waals surface area contributed by atoms with E-state index in [0.717, 1.165) is 13.2 Å². The van der Waals surface area contributed by atoms with Crippen LogP contribution in [0.3, 0.4) is 0 Å². The number of rotatable bonds is 0. The van der Waals surface area contributed by atoms with Gasteiger partial charge in [0.1, 0.15) is 0 Å². The van der Waals surface area contributed by atoms with Crippen molar-refractivity contribution in [2.75, 3.05) is 13.2 Å². The van der Waals surface area contributed by atoms with Crippen LogP contribution in [-0.4, -0.2) is 19.3 Å². The highest BCUT2D eigenvalue weighted by Gasteiger charge is 2.43. The summed E-state index contributed by atoms with van der Waals surface area (Å²) in [6, 6.07) is 0.467. The number of hydrogen-bond donors (Lipinski definition) is 1. The molecule has 2 nitrogen and oxygen atoms in total. The highest BCUT2D eigenvalue weighted by molar-refractivity contribution is 4.94. The SMILES string of the molecule is N[C@@H]1CCC2(COC2)C1. The number of nitrogens with two attached hydrogens (primary N) is 1. The molecule has 2 N–H and O–H groups in total. The summed E-state index contributed by atoms with van der Waals surface area (Å²) in [5, 5.41) is 0. The lowest BCUT2D eigenvalue weighted by Gasteiger charge is -2.37. The molecule has 0 bridgehead atoms. The fraction of sp³-hybridized carbons (Fsp3) is 1.00. The summed E-state index contributed by atoms with van der Waals surface area (Å²) < 4.78 is 5.15. The Morgan fingerprint density at radius 1 is 1.44 bits per heavy atom. The first-order valence-corrected chi connectivity index (χ1v) is 3.64. The quantitative estimate of drug-likeness (QED) is 0.514. The van der Waals surface area contributed by atoms with E-state index in [0.29, 0.717) is 11.5 Å². The van der Waals surface area contributed by atoms with Crippen LogP contribution < -0.4 is 5.73 Å². The normalized spacial score (nSPS) is 39.0. The van der Waals surface area contributed by atoms with Gasteiger partial charge in [-0.15, -0.1) is 0 Å². The van der Waals surface area contributed by atoms with Gasteiger partial charge in [-0.2, -0.15) is 0 Å². The maximum atomic E-state index is 5.76. The van der Waals surface area contributed by atoms with Crippen molar-refractivity contribution in [3.05, 3.63) is 0 Å². The molecule has 1 heterocycles. The van der Waals surface area contributed by atoms with Crippen molar-refractivity contribution in [1.82, 2.24) is 0 Å². The molecule has 1 aliphatic carbocycles. The molecule has 1 saturated carbocycles. The molecule has 0 aromatic carbocycles. The van der Waals surface area contributed by atoms with Crippen molar-refractivity contribution in [3.8, 4) is 0 Å². The summed E-state index contributed by atoms with van der Waals surface area (Å²) in [5.41, 5.74) is 6.31. The monoisotopic (exact) mass is 127 g/mol. The van der Waals surface area contributed by atoms with Crippen LogP contribution in [0, 0.1) is 5.41 Å². The van der Waals surface area contributed by atoms with Crippen LogP contribution >= 0.6 is 0 Å². The van der Waals surface area contributed by atoms with E-state index in [2.05, 4.69) is 0 Å². The predicted octanol–water partition coefficient (Wildman–Crippen LogP) is 0.514. The van der Waals surface area contributed by atoms with Gasteiger partial charge in [0.2, 0.25) is 0 Å². The molecule has 2 aliphatic rings. The van der Waals surface area contributed by atoms with Crippen LogP contribution in [0.1, 0.15) is 19.3 Å². The van der Waals surface area contributed by atoms with Gasteiger partial charge in [0.05, 0.1) is 13.2 Å². The van der Waals surface area contributed by atoms with Crippen molar-refractivity contribution < 1.29 is 4.74 Å². The maximum Gasteiger partial charge on any atom is 0.0545 e. The lowest BCUT2D eigenvalue weighted by molar-refractivity contribution is -0.108. The van der Waals surface area contributed by atoms with Gasteiger partial charge in [0.15, 0.2) is 0 Å².